The van der Waals surface area contributed by atoms with Crippen LogP contribution in [0.1, 0.15) is 33.6 Å². The number of benzene rings is 1. The molecule has 108 valence electrons. The normalized spacial score (nSPS) is 12.9. The number of hydrogen-bond acceptors (Lipinski definition) is 3. The van der Waals surface area contributed by atoms with Crippen LogP contribution >= 0.6 is 0 Å². The lowest BCUT2D eigenvalue weighted by atomic mass is 10.0. The first-order chi connectivity index (χ1) is 8.99. The molecule has 0 aliphatic heterocycles. The van der Waals surface area contributed by atoms with E-state index in [9.17, 15) is 0 Å². The maximum atomic E-state index is 5.69. The molecule has 19 heavy (non-hydrogen) atoms. The van der Waals surface area contributed by atoms with Gasteiger partial charge in [0.1, 0.15) is 5.75 Å². The summed E-state index contributed by atoms with van der Waals surface area (Å²) in [4.78, 5) is 2.41. The molecular formula is C16H28N2O. The summed E-state index contributed by atoms with van der Waals surface area (Å²) in [6, 6.07) is 8.20. The standard InChI is InChI=1S/C16H28N2O/c1-13(2)12-14(3)18(4)10-5-11-19-16-8-6-15(17)7-9-16/h6-9,13-14H,5,10-12,17H2,1-4H3. The van der Waals surface area contributed by atoms with Crippen molar-refractivity contribution in [3.63, 3.8) is 0 Å². The van der Waals surface area contributed by atoms with Gasteiger partial charge in [0.25, 0.3) is 0 Å². The van der Waals surface area contributed by atoms with Crippen molar-refractivity contribution >= 4 is 5.69 Å². The molecule has 0 aromatic heterocycles. The number of nitrogen functional groups attached to an aromatic ring is 1. The van der Waals surface area contributed by atoms with E-state index in [1.165, 1.54) is 6.42 Å². The summed E-state index contributed by atoms with van der Waals surface area (Å²) >= 11 is 0. The highest BCUT2D eigenvalue weighted by atomic mass is 16.5. The Balaban J connectivity index is 2.18. The van der Waals surface area contributed by atoms with E-state index in [2.05, 4.69) is 32.7 Å². The Kier molecular flexibility index (Phi) is 6.71. The molecule has 0 radical (unpaired) electrons. The van der Waals surface area contributed by atoms with Crippen LogP contribution in [0.3, 0.4) is 0 Å². The third-order valence-corrected chi connectivity index (χ3v) is 3.37. The number of nitrogens with two attached hydrogens (primary N) is 1. The topological polar surface area (TPSA) is 38.5 Å². The summed E-state index contributed by atoms with van der Waals surface area (Å²) in [6.45, 7) is 8.66. The van der Waals surface area contributed by atoms with Crippen LogP contribution in [-0.4, -0.2) is 31.1 Å². The summed E-state index contributed by atoms with van der Waals surface area (Å²) < 4.78 is 5.69. The van der Waals surface area contributed by atoms with Crippen molar-refractivity contribution in [1.82, 2.24) is 4.90 Å². The zero-order valence-corrected chi connectivity index (χ0v) is 12.7. The molecule has 1 atom stereocenters. The maximum absolute atomic E-state index is 5.69. The third-order valence-electron chi connectivity index (χ3n) is 3.37. The van der Waals surface area contributed by atoms with E-state index >= 15 is 0 Å². The Morgan fingerprint density at radius 2 is 1.79 bits per heavy atom. The van der Waals surface area contributed by atoms with E-state index in [1.807, 2.05) is 24.3 Å². The van der Waals surface area contributed by atoms with Gasteiger partial charge in [0.05, 0.1) is 6.61 Å². The van der Waals surface area contributed by atoms with Crippen molar-refractivity contribution in [2.75, 3.05) is 25.9 Å². The van der Waals surface area contributed by atoms with Gasteiger partial charge in [-0.15, -0.1) is 0 Å². The second-order valence-corrected chi connectivity index (χ2v) is 5.73. The van der Waals surface area contributed by atoms with Crippen LogP contribution in [0.15, 0.2) is 24.3 Å². The van der Waals surface area contributed by atoms with Gasteiger partial charge < -0.3 is 15.4 Å². The van der Waals surface area contributed by atoms with Crippen LogP contribution in [0.25, 0.3) is 0 Å². The van der Waals surface area contributed by atoms with Gasteiger partial charge in [-0.2, -0.15) is 0 Å². The SMILES string of the molecule is CC(C)CC(C)N(C)CCCOc1ccc(N)cc1. The minimum atomic E-state index is 0.636. The summed E-state index contributed by atoms with van der Waals surface area (Å²) in [5.74, 6) is 1.65. The highest BCUT2D eigenvalue weighted by Gasteiger charge is 2.10. The molecule has 1 unspecified atom stereocenters. The van der Waals surface area contributed by atoms with Crippen molar-refractivity contribution in [3.8, 4) is 5.75 Å². The smallest absolute Gasteiger partial charge is 0.119 e. The largest absolute Gasteiger partial charge is 0.494 e. The lowest BCUT2D eigenvalue weighted by Gasteiger charge is -2.26. The summed E-state index contributed by atoms with van der Waals surface area (Å²) in [5, 5.41) is 0. The van der Waals surface area contributed by atoms with Crippen LogP contribution in [0.2, 0.25) is 0 Å². The minimum absolute atomic E-state index is 0.636. The number of rotatable bonds is 8. The number of anilines is 1. The molecule has 0 spiro atoms. The van der Waals surface area contributed by atoms with Gasteiger partial charge >= 0.3 is 0 Å². The average molecular weight is 264 g/mol. The summed E-state index contributed by atoms with van der Waals surface area (Å²) in [7, 11) is 2.19. The van der Waals surface area contributed by atoms with Gasteiger partial charge in [-0.05, 0) is 57.0 Å². The lowest BCUT2D eigenvalue weighted by Crippen LogP contribution is -2.31. The molecule has 1 aromatic carbocycles. The first-order valence-electron chi connectivity index (χ1n) is 7.17. The average Bonchev–Trinajstić information content (AvgIpc) is 2.35. The molecule has 0 aliphatic carbocycles. The van der Waals surface area contributed by atoms with Crippen LogP contribution < -0.4 is 10.5 Å². The predicted molar refractivity (Wildman–Crippen MR) is 82.5 cm³/mol. The van der Waals surface area contributed by atoms with E-state index in [4.69, 9.17) is 10.5 Å². The fourth-order valence-electron chi connectivity index (χ4n) is 2.15. The van der Waals surface area contributed by atoms with Gasteiger partial charge in [0.2, 0.25) is 0 Å². The molecule has 3 heteroatoms. The number of nitrogens with zero attached hydrogens (tertiary/aromatic N) is 1. The molecule has 0 saturated heterocycles. The van der Waals surface area contributed by atoms with E-state index in [1.54, 1.807) is 0 Å². The van der Waals surface area contributed by atoms with Crippen LogP contribution in [-0.2, 0) is 0 Å². The van der Waals surface area contributed by atoms with E-state index in [-0.39, 0.29) is 0 Å². The Morgan fingerprint density at radius 1 is 1.16 bits per heavy atom. The second-order valence-electron chi connectivity index (χ2n) is 5.73. The van der Waals surface area contributed by atoms with Crippen LogP contribution in [0.4, 0.5) is 5.69 Å². The Hall–Kier alpha value is -1.22. The van der Waals surface area contributed by atoms with Gasteiger partial charge in [-0.25, -0.2) is 0 Å². The minimum Gasteiger partial charge on any atom is -0.494 e. The van der Waals surface area contributed by atoms with Crippen molar-refractivity contribution in [1.29, 1.82) is 0 Å². The van der Waals surface area contributed by atoms with Crippen LogP contribution in [0, 0.1) is 5.92 Å². The summed E-state index contributed by atoms with van der Waals surface area (Å²) in [6.07, 6.45) is 2.29. The predicted octanol–water partition coefficient (Wildman–Crippen LogP) is 3.40. The van der Waals surface area contributed by atoms with Crippen LogP contribution in [0.5, 0.6) is 5.75 Å². The highest BCUT2D eigenvalue weighted by molar-refractivity contribution is 5.41. The monoisotopic (exact) mass is 264 g/mol. The van der Waals surface area contributed by atoms with E-state index < -0.39 is 0 Å². The van der Waals surface area contributed by atoms with Crippen molar-refractivity contribution in [2.45, 2.75) is 39.7 Å². The number of ether oxygens (including phenoxy) is 1. The fraction of sp³-hybridized carbons (Fsp3) is 0.625. The Labute approximate surface area is 117 Å². The van der Waals surface area contributed by atoms with Crippen molar-refractivity contribution in [3.05, 3.63) is 24.3 Å². The van der Waals surface area contributed by atoms with E-state index in [0.29, 0.717) is 6.04 Å². The number of hydrogen-bond donors (Lipinski definition) is 1. The molecule has 3 nitrogen and oxygen atoms in total. The quantitative estimate of drug-likeness (QED) is 0.577. The maximum Gasteiger partial charge on any atom is 0.119 e. The molecule has 0 aliphatic rings. The lowest BCUT2D eigenvalue weighted by molar-refractivity contribution is 0.205. The Bertz CT molecular complexity index is 348. The molecular weight excluding hydrogens is 236 g/mol. The molecule has 1 aromatic rings. The zero-order chi connectivity index (χ0) is 14.3. The molecule has 0 amide bonds. The van der Waals surface area contributed by atoms with E-state index in [0.717, 1.165) is 36.9 Å². The molecule has 0 heterocycles. The first-order valence-corrected chi connectivity index (χ1v) is 7.17. The summed E-state index contributed by atoms with van der Waals surface area (Å²) in [5.41, 5.74) is 6.40. The molecule has 0 fully saturated rings. The van der Waals surface area contributed by atoms with Crippen molar-refractivity contribution in [2.24, 2.45) is 5.92 Å². The zero-order valence-electron chi connectivity index (χ0n) is 12.7. The van der Waals surface area contributed by atoms with Gasteiger partial charge in [-0.3, -0.25) is 0 Å². The first kappa shape index (κ1) is 15.8. The molecule has 0 bridgehead atoms. The molecule has 2 N–H and O–H groups in total. The highest BCUT2D eigenvalue weighted by Crippen LogP contribution is 2.14. The third kappa shape index (κ3) is 6.48. The second kappa shape index (κ2) is 8.05. The molecule has 1 rings (SSSR count). The van der Waals surface area contributed by atoms with Crippen molar-refractivity contribution < 1.29 is 4.74 Å². The Morgan fingerprint density at radius 3 is 2.37 bits per heavy atom. The van der Waals surface area contributed by atoms with Gasteiger partial charge in [0.15, 0.2) is 0 Å². The molecule has 0 saturated carbocycles. The van der Waals surface area contributed by atoms with Gasteiger partial charge in [0, 0.05) is 18.3 Å². The fourth-order valence-corrected chi connectivity index (χ4v) is 2.15. The van der Waals surface area contributed by atoms with Gasteiger partial charge in [-0.1, -0.05) is 13.8 Å².